The highest BCUT2D eigenvalue weighted by atomic mass is 79.9. The van der Waals surface area contributed by atoms with Crippen LogP contribution in [-0.2, 0) is 10.8 Å². The molecule has 0 aromatic heterocycles. The van der Waals surface area contributed by atoms with Crippen LogP contribution >= 0.6 is 15.9 Å². The van der Waals surface area contributed by atoms with E-state index < -0.39 is 16.9 Å². The maximum Gasteiger partial charge on any atom is 0.0805 e. The zero-order chi connectivity index (χ0) is 12.1. The number of hydrogen-bond acceptors (Lipinski definition) is 2. The summed E-state index contributed by atoms with van der Waals surface area (Å²) in [6, 6.07) is 7.38. The zero-order valence-corrected chi connectivity index (χ0v) is 11.7. The lowest BCUT2D eigenvalue weighted by atomic mass is 10.3. The fourth-order valence-corrected chi connectivity index (χ4v) is 2.82. The minimum absolute atomic E-state index is 0.561. The van der Waals surface area contributed by atoms with Crippen LogP contribution in [-0.4, -0.2) is 15.4 Å². The first-order valence-corrected chi connectivity index (χ1v) is 7.05. The van der Waals surface area contributed by atoms with E-state index in [0.717, 1.165) is 14.3 Å². The molecule has 2 nitrogen and oxygen atoms in total. The third-order valence-electron chi connectivity index (χ3n) is 2.04. The lowest BCUT2D eigenvalue weighted by Gasteiger charge is -2.06. The van der Waals surface area contributed by atoms with Crippen molar-refractivity contribution in [3.63, 3.8) is 0 Å². The van der Waals surface area contributed by atoms with Crippen LogP contribution in [0.1, 0.15) is 20.3 Å². The summed E-state index contributed by atoms with van der Waals surface area (Å²) in [5.41, 5.74) is 0. The molecule has 0 amide bonds. The molecule has 1 unspecified atom stereocenters. The number of rotatable bonds is 4. The van der Waals surface area contributed by atoms with Gasteiger partial charge in [-0.15, -0.1) is 0 Å². The van der Waals surface area contributed by atoms with Gasteiger partial charge in [0.2, 0.25) is 0 Å². The fourth-order valence-electron chi connectivity index (χ4n) is 1.29. The van der Waals surface area contributed by atoms with E-state index >= 15 is 0 Å². The van der Waals surface area contributed by atoms with Crippen molar-refractivity contribution in [2.24, 2.45) is 0 Å². The quantitative estimate of drug-likeness (QED) is 0.927. The zero-order valence-electron chi connectivity index (χ0n) is 9.31. The van der Waals surface area contributed by atoms with E-state index in [-0.39, 0.29) is 0 Å². The summed E-state index contributed by atoms with van der Waals surface area (Å²) < 4.78 is 13.1. The monoisotopic (exact) mass is 302 g/mol. The van der Waals surface area contributed by atoms with Gasteiger partial charge in [0.25, 0.3) is 0 Å². The van der Waals surface area contributed by atoms with Crippen molar-refractivity contribution in [2.75, 3.05) is 0 Å². The predicted octanol–water partition coefficient (Wildman–Crippen LogP) is 3.23. The van der Waals surface area contributed by atoms with Gasteiger partial charge in [-0.05, 0) is 43.7 Å². The molecule has 0 aliphatic heterocycles. The highest BCUT2D eigenvalue weighted by Gasteiger charge is 2.09. The van der Waals surface area contributed by atoms with Crippen molar-refractivity contribution in [2.45, 2.75) is 31.3 Å². The van der Waals surface area contributed by atoms with Gasteiger partial charge in [0.1, 0.15) is 0 Å². The Labute approximate surface area is 107 Å². The molecule has 0 aliphatic rings. The predicted molar refractivity (Wildman–Crippen MR) is 70.6 cm³/mol. The Kier molecular flexibility index (Phi) is 5.38. The minimum atomic E-state index is -1.17. The highest BCUT2D eigenvalue weighted by molar-refractivity contribution is 9.10. The van der Waals surface area contributed by atoms with Crippen LogP contribution in [0.3, 0.4) is 0 Å². The van der Waals surface area contributed by atoms with Crippen LogP contribution in [0.4, 0.5) is 0 Å². The fraction of sp³-hybridized carbons (Fsp3) is 0.333. The van der Waals surface area contributed by atoms with Gasteiger partial charge in [0.05, 0.1) is 16.9 Å². The number of benzene rings is 1. The van der Waals surface area contributed by atoms with E-state index in [1.54, 1.807) is 13.0 Å². The summed E-state index contributed by atoms with van der Waals surface area (Å²) in [7, 11) is -1.17. The molecule has 1 N–H and O–H groups in total. The molecule has 0 fully saturated rings. The molecule has 4 heteroatoms. The van der Waals surface area contributed by atoms with Gasteiger partial charge in [0.15, 0.2) is 0 Å². The molecular formula is C12H15BrO2S. The standard InChI is InChI=1S/C12H15BrO2S/c1-3-11(8-9(2)14)16(15)12-6-4-10(13)5-7-12/h4-9,14H,3H2,1-2H3/b11-8-/t9-,16?/m1/s1. The first kappa shape index (κ1) is 13.6. The summed E-state index contributed by atoms with van der Waals surface area (Å²) >= 11 is 3.34. The molecule has 1 aromatic rings. The Morgan fingerprint density at radius 1 is 1.50 bits per heavy atom. The average Bonchev–Trinajstić information content (AvgIpc) is 2.25. The summed E-state index contributed by atoms with van der Waals surface area (Å²) in [5, 5.41) is 9.28. The van der Waals surface area contributed by atoms with Gasteiger partial charge in [0, 0.05) is 14.3 Å². The topological polar surface area (TPSA) is 37.3 Å². The van der Waals surface area contributed by atoms with Crippen molar-refractivity contribution in [1.82, 2.24) is 0 Å². The number of hydrogen-bond donors (Lipinski definition) is 1. The average molecular weight is 303 g/mol. The molecule has 0 saturated carbocycles. The molecule has 1 rings (SSSR count). The van der Waals surface area contributed by atoms with Crippen LogP contribution in [0.5, 0.6) is 0 Å². The minimum Gasteiger partial charge on any atom is -0.389 e. The van der Waals surface area contributed by atoms with E-state index in [2.05, 4.69) is 15.9 Å². The summed E-state index contributed by atoms with van der Waals surface area (Å²) in [6.07, 6.45) is 1.76. The molecule has 0 heterocycles. The second-order valence-corrected chi connectivity index (χ2v) is 5.90. The summed E-state index contributed by atoms with van der Waals surface area (Å²) in [4.78, 5) is 1.52. The molecular weight excluding hydrogens is 288 g/mol. The molecule has 88 valence electrons. The van der Waals surface area contributed by atoms with E-state index in [1.807, 2.05) is 31.2 Å². The van der Waals surface area contributed by atoms with E-state index in [1.165, 1.54) is 0 Å². The number of aliphatic hydroxyl groups is 1. The Balaban J connectivity index is 2.96. The van der Waals surface area contributed by atoms with Crippen molar-refractivity contribution in [3.8, 4) is 0 Å². The molecule has 1 aromatic carbocycles. The largest absolute Gasteiger partial charge is 0.389 e. The van der Waals surface area contributed by atoms with Crippen LogP contribution in [0.2, 0.25) is 0 Å². The van der Waals surface area contributed by atoms with E-state index in [4.69, 9.17) is 0 Å². The lowest BCUT2D eigenvalue weighted by molar-refractivity contribution is 0.243. The second-order valence-electron chi connectivity index (χ2n) is 3.45. The maximum atomic E-state index is 12.1. The lowest BCUT2D eigenvalue weighted by Crippen LogP contribution is -2.01. The molecule has 2 atom stereocenters. The van der Waals surface area contributed by atoms with Gasteiger partial charge in [-0.25, -0.2) is 4.21 Å². The number of allylic oxidation sites excluding steroid dienone is 1. The SMILES string of the molecule is CC/C(=C/[C@@H](C)O)S(=O)c1ccc(Br)cc1. The van der Waals surface area contributed by atoms with E-state index in [0.29, 0.717) is 6.42 Å². The Morgan fingerprint density at radius 2 is 2.06 bits per heavy atom. The first-order chi connectivity index (χ1) is 7.54. The van der Waals surface area contributed by atoms with Crippen molar-refractivity contribution in [1.29, 1.82) is 0 Å². The Bertz CT molecular complexity index is 396. The second kappa shape index (κ2) is 6.33. The smallest absolute Gasteiger partial charge is 0.0805 e. The van der Waals surface area contributed by atoms with Crippen LogP contribution < -0.4 is 0 Å². The molecule has 0 bridgehead atoms. The van der Waals surface area contributed by atoms with Gasteiger partial charge in [-0.3, -0.25) is 0 Å². The first-order valence-electron chi connectivity index (χ1n) is 5.10. The van der Waals surface area contributed by atoms with Crippen LogP contribution in [0.15, 0.2) is 44.6 Å². The van der Waals surface area contributed by atoms with Crippen LogP contribution in [0, 0.1) is 0 Å². The Hall–Kier alpha value is -0.450. The van der Waals surface area contributed by atoms with Crippen molar-refractivity contribution in [3.05, 3.63) is 39.7 Å². The van der Waals surface area contributed by atoms with E-state index in [9.17, 15) is 9.32 Å². The molecule has 0 saturated heterocycles. The summed E-state index contributed by atoms with van der Waals surface area (Å²) in [5.74, 6) is 0. The van der Waals surface area contributed by atoms with Crippen LogP contribution in [0.25, 0.3) is 0 Å². The molecule has 16 heavy (non-hydrogen) atoms. The third-order valence-corrected chi connectivity index (χ3v) is 4.17. The Morgan fingerprint density at radius 3 is 2.50 bits per heavy atom. The summed E-state index contributed by atoms with van der Waals surface area (Å²) in [6.45, 7) is 3.60. The van der Waals surface area contributed by atoms with Gasteiger partial charge < -0.3 is 5.11 Å². The van der Waals surface area contributed by atoms with Crippen molar-refractivity contribution < 1.29 is 9.32 Å². The van der Waals surface area contributed by atoms with Gasteiger partial charge in [-0.1, -0.05) is 22.9 Å². The number of halogens is 1. The molecule has 0 aliphatic carbocycles. The highest BCUT2D eigenvalue weighted by Crippen LogP contribution is 2.20. The molecule has 0 radical (unpaired) electrons. The normalized spacial score (nSPS) is 15.9. The van der Waals surface area contributed by atoms with Crippen molar-refractivity contribution >= 4 is 26.7 Å². The molecule has 0 spiro atoms. The maximum absolute atomic E-state index is 12.1. The third kappa shape index (κ3) is 3.85. The van der Waals surface area contributed by atoms with Gasteiger partial charge >= 0.3 is 0 Å². The number of aliphatic hydroxyl groups excluding tert-OH is 1. The van der Waals surface area contributed by atoms with Gasteiger partial charge in [-0.2, -0.15) is 0 Å².